The number of carbonyl (C=O) groups excluding carboxylic acids is 1. The third-order valence-corrected chi connectivity index (χ3v) is 6.79. The van der Waals surface area contributed by atoms with Gasteiger partial charge in [0.15, 0.2) is 5.78 Å². The Morgan fingerprint density at radius 1 is 1.16 bits per heavy atom. The Morgan fingerprint density at radius 3 is 2.68 bits per heavy atom. The van der Waals surface area contributed by atoms with Crippen molar-refractivity contribution in [2.75, 3.05) is 29.0 Å². The summed E-state index contributed by atoms with van der Waals surface area (Å²) in [6.45, 7) is 6.15. The van der Waals surface area contributed by atoms with Gasteiger partial charge in [-0.3, -0.25) is 4.79 Å². The standard InChI is InChI=1S/C24H28ClN5O/c1-24(2)12-16-19(17(31)13-24)18(14-7-6-8-15(25)11-14)20-21(26)28-23(29-22(20)27-16)30-9-4-3-5-10-30/h6-8,11,18H,3-5,9-10,12-13H2,1-2H3,(H3,26,27,28,29)/t18-/m1/s1. The first-order chi connectivity index (χ1) is 14.8. The molecule has 2 aliphatic heterocycles. The van der Waals surface area contributed by atoms with Gasteiger partial charge in [-0.15, -0.1) is 0 Å². The predicted octanol–water partition coefficient (Wildman–Crippen LogP) is 4.90. The van der Waals surface area contributed by atoms with Gasteiger partial charge in [-0.1, -0.05) is 37.6 Å². The summed E-state index contributed by atoms with van der Waals surface area (Å²) >= 11 is 6.33. The molecule has 1 aliphatic carbocycles. The van der Waals surface area contributed by atoms with Crippen molar-refractivity contribution in [2.24, 2.45) is 5.41 Å². The fraction of sp³-hybridized carbons (Fsp3) is 0.458. The Kier molecular flexibility index (Phi) is 4.93. The van der Waals surface area contributed by atoms with Gasteiger partial charge >= 0.3 is 0 Å². The first-order valence-electron chi connectivity index (χ1n) is 11.0. The minimum absolute atomic E-state index is 0.104. The molecular weight excluding hydrogens is 410 g/mol. The summed E-state index contributed by atoms with van der Waals surface area (Å²) in [5.41, 5.74) is 9.88. The van der Waals surface area contributed by atoms with Gasteiger partial charge in [0.2, 0.25) is 5.95 Å². The number of fused-ring (bicyclic) bond motifs is 1. The van der Waals surface area contributed by atoms with E-state index in [-0.39, 0.29) is 17.1 Å². The van der Waals surface area contributed by atoms with E-state index < -0.39 is 0 Å². The molecule has 3 heterocycles. The van der Waals surface area contributed by atoms with Gasteiger partial charge in [-0.25, -0.2) is 0 Å². The zero-order valence-corrected chi connectivity index (χ0v) is 18.8. The van der Waals surface area contributed by atoms with E-state index >= 15 is 0 Å². The van der Waals surface area contributed by atoms with E-state index in [2.05, 4.69) is 29.0 Å². The zero-order chi connectivity index (χ0) is 21.8. The van der Waals surface area contributed by atoms with Crippen LogP contribution >= 0.6 is 11.6 Å². The van der Waals surface area contributed by atoms with Crippen LogP contribution in [-0.4, -0.2) is 28.8 Å². The Labute approximate surface area is 187 Å². The second-order valence-electron chi connectivity index (χ2n) is 9.67. The number of nitrogens with zero attached hydrogens (tertiary/aromatic N) is 3. The molecule has 0 amide bonds. The molecular formula is C24H28ClN5O. The first-order valence-corrected chi connectivity index (χ1v) is 11.4. The Morgan fingerprint density at radius 2 is 1.94 bits per heavy atom. The Bertz CT molecular complexity index is 1090. The van der Waals surface area contributed by atoms with Crippen LogP contribution in [0.25, 0.3) is 0 Å². The second kappa shape index (κ2) is 7.52. The molecule has 0 spiro atoms. The second-order valence-corrected chi connectivity index (χ2v) is 10.1. The van der Waals surface area contributed by atoms with Crippen molar-refractivity contribution in [2.45, 2.75) is 51.9 Å². The maximum atomic E-state index is 13.3. The monoisotopic (exact) mass is 437 g/mol. The number of nitrogen functional groups attached to an aromatic ring is 1. The quantitative estimate of drug-likeness (QED) is 0.694. The third kappa shape index (κ3) is 3.67. The van der Waals surface area contributed by atoms with Crippen molar-refractivity contribution in [3.05, 3.63) is 51.7 Å². The predicted molar refractivity (Wildman–Crippen MR) is 124 cm³/mol. The highest BCUT2D eigenvalue weighted by Crippen LogP contribution is 2.50. The average Bonchev–Trinajstić information content (AvgIpc) is 2.72. The summed E-state index contributed by atoms with van der Waals surface area (Å²) < 4.78 is 0. The lowest BCUT2D eigenvalue weighted by Gasteiger charge is -2.39. The normalized spacial score (nSPS) is 22.6. The molecule has 0 bridgehead atoms. The number of hydrogen-bond acceptors (Lipinski definition) is 6. The summed E-state index contributed by atoms with van der Waals surface area (Å²) in [5.74, 6) is 1.63. The SMILES string of the molecule is CC1(C)CC(=O)C2=C(C1)Nc1nc(N3CCCCC3)nc(N)c1[C@@H]2c1cccc(Cl)c1. The molecule has 0 unspecified atom stereocenters. The van der Waals surface area contributed by atoms with Gasteiger partial charge in [0, 0.05) is 47.3 Å². The molecule has 162 valence electrons. The lowest BCUT2D eigenvalue weighted by molar-refractivity contribution is -0.118. The van der Waals surface area contributed by atoms with Crippen LogP contribution in [0.5, 0.6) is 0 Å². The van der Waals surface area contributed by atoms with Crippen molar-refractivity contribution in [3.63, 3.8) is 0 Å². The van der Waals surface area contributed by atoms with E-state index in [1.165, 1.54) is 6.42 Å². The lowest BCUT2D eigenvalue weighted by atomic mass is 9.69. The molecule has 1 fully saturated rings. The number of ketones is 1. The summed E-state index contributed by atoms with van der Waals surface area (Å²) in [6, 6.07) is 7.67. The van der Waals surface area contributed by atoms with E-state index in [1.54, 1.807) is 0 Å². The van der Waals surface area contributed by atoms with Crippen molar-refractivity contribution in [3.8, 4) is 0 Å². The number of carbonyl (C=O) groups is 1. The summed E-state index contributed by atoms with van der Waals surface area (Å²) in [6.07, 6.45) is 4.80. The number of allylic oxidation sites excluding steroid dienone is 2. The summed E-state index contributed by atoms with van der Waals surface area (Å²) in [4.78, 5) is 25.1. The highest BCUT2D eigenvalue weighted by Gasteiger charge is 2.42. The molecule has 1 aromatic carbocycles. The van der Waals surface area contributed by atoms with Crippen molar-refractivity contribution in [1.29, 1.82) is 0 Å². The van der Waals surface area contributed by atoms with E-state index in [0.717, 1.165) is 54.7 Å². The lowest BCUT2D eigenvalue weighted by Crippen LogP contribution is -2.36. The minimum Gasteiger partial charge on any atom is -0.383 e. The Hall–Kier alpha value is -2.60. The molecule has 6 nitrogen and oxygen atoms in total. The molecule has 1 atom stereocenters. The van der Waals surface area contributed by atoms with Crippen molar-refractivity contribution >= 4 is 35.0 Å². The topological polar surface area (TPSA) is 84.1 Å². The highest BCUT2D eigenvalue weighted by molar-refractivity contribution is 6.30. The van der Waals surface area contributed by atoms with E-state index in [1.807, 2.05) is 24.3 Å². The van der Waals surface area contributed by atoms with Gasteiger partial charge in [0.05, 0.1) is 0 Å². The fourth-order valence-corrected chi connectivity index (χ4v) is 5.38. The van der Waals surface area contributed by atoms with Gasteiger partial charge < -0.3 is 16.0 Å². The molecule has 0 saturated carbocycles. The van der Waals surface area contributed by atoms with Crippen LogP contribution in [0.4, 0.5) is 17.6 Å². The van der Waals surface area contributed by atoms with E-state index in [4.69, 9.17) is 22.3 Å². The van der Waals surface area contributed by atoms with Gasteiger partial charge in [-0.05, 0) is 48.8 Å². The molecule has 2 aromatic rings. The van der Waals surface area contributed by atoms with Crippen LogP contribution in [0.1, 0.15) is 63.0 Å². The van der Waals surface area contributed by atoms with Crippen LogP contribution in [-0.2, 0) is 4.79 Å². The number of anilines is 3. The average molecular weight is 438 g/mol. The third-order valence-electron chi connectivity index (χ3n) is 6.55. The Balaban J connectivity index is 1.68. The fourth-order valence-electron chi connectivity index (χ4n) is 5.18. The number of benzene rings is 1. The zero-order valence-electron chi connectivity index (χ0n) is 18.0. The molecule has 5 rings (SSSR count). The number of nitrogens with two attached hydrogens (primary N) is 1. The van der Waals surface area contributed by atoms with Crippen LogP contribution in [0, 0.1) is 5.41 Å². The van der Waals surface area contributed by atoms with Crippen LogP contribution < -0.4 is 16.0 Å². The largest absolute Gasteiger partial charge is 0.383 e. The molecule has 0 radical (unpaired) electrons. The number of aromatic nitrogens is 2. The molecule has 31 heavy (non-hydrogen) atoms. The number of halogens is 1. The van der Waals surface area contributed by atoms with Gasteiger partial charge in [0.1, 0.15) is 11.6 Å². The van der Waals surface area contributed by atoms with Crippen LogP contribution in [0.3, 0.4) is 0 Å². The highest BCUT2D eigenvalue weighted by atomic mass is 35.5. The molecule has 1 saturated heterocycles. The molecule has 7 heteroatoms. The van der Waals surface area contributed by atoms with E-state index in [9.17, 15) is 4.79 Å². The number of piperidine rings is 1. The number of rotatable bonds is 2. The molecule has 1 aromatic heterocycles. The smallest absolute Gasteiger partial charge is 0.229 e. The van der Waals surface area contributed by atoms with Crippen molar-refractivity contribution < 1.29 is 4.79 Å². The summed E-state index contributed by atoms with van der Waals surface area (Å²) in [7, 11) is 0. The number of Topliss-reactive ketones (excluding diaryl/α,β-unsaturated/α-hetero) is 1. The molecule has 3 aliphatic rings. The number of hydrogen-bond donors (Lipinski definition) is 2. The van der Waals surface area contributed by atoms with E-state index in [0.29, 0.717) is 29.0 Å². The maximum Gasteiger partial charge on any atom is 0.229 e. The molecule has 3 N–H and O–H groups in total. The van der Waals surface area contributed by atoms with Gasteiger partial charge in [0.25, 0.3) is 0 Å². The van der Waals surface area contributed by atoms with Gasteiger partial charge in [-0.2, -0.15) is 9.97 Å². The van der Waals surface area contributed by atoms with Crippen LogP contribution in [0.2, 0.25) is 5.02 Å². The number of nitrogens with one attached hydrogen (secondary N) is 1. The summed E-state index contributed by atoms with van der Waals surface area (Å²) in [5, 5.41) is 4.12. The first kappa shape index (κ1) is 20.3. The van der Waals surface area contributed by atoms with Crippen LogP contribution in [0.15, 0.2) is 35.5 Å². The minimum atomic E-state index is -0.316. The van der Waals surface area contributed by atoms with Crippen molar-refractivity contribution in [1.82, 2.24) is 9.97 Å². The maximum absolute atomic E-state index is 13.3.